The quantitative estimate of drug-likeness (QED) is 0.486. The molecule has 30 heavy (non-hydrogen) atoms. The van der Waals surface area contributed by atoms with Gasteiger partial charge in [0.2, 0.25) is 5.95 Å². The van der Waals surface area contributed by atoms with Crippen LogP contribution < -0.4 is 9.77 Å². The molecule has 1 saturated heterocycles. The summed E-state index contributed by atoms with van der Waals surface area (Å²) in [6.07, 6.45) is 1.75. The molecule has 0 spiro atoms. The van der Waals surface area contributed by atoms with Crippen LogP contribution in [-0.2, 0) is 6.67 Å². The predicted molar refractivity (Wildman–Crippen MR) is 115 cm³/mol. The average molecular weight is 421 g/mol. The van der Waals surface area contributed by atoms with Crippen molar-refractivity contribution in [3.63, 3.8) is 0 Å². The van der Waals surface area contributed by atoms with E-state index < -0.39 is 0 Å². The molecule has 1 aromatic carbocycles. The van der Waals surface area contributed by atoms with Crippen molar-refractivity contribution in [2.75, 3.05) is 31.1 Å². The predicted octanol–water partition coefficient (Wildman–Crippen LogP) is 1.73. The van der Waals surface area contributed by atoms with E-state index in [0.717, 1.165) is 49.2 Å². The summed E-state index contributed by atoms with van der Waals surface area (Å²) in [5, 5.41) is 14.1. The molecule has 0 amide bonds. The summed E-state index contributed by atoms with van der Waals surface area (Å²) in [6.45, 7) is 3.74. The SMILES string of the molecule is O=c1scc(-c2ccccn2)n1CN1CCN(c2nnnn2-c2ccccc2)CC1. The lowest BCUT2D eigenvalue weighted by atomic mass is 10.3. The van der Waals surface area contributed by atoms with Crippen LogP contribution in [0.1, 0.15) is 0 Å². The first-order valence-electron chi connectivity index (χ1n) is 9.70. The van der Waals surface area contributed by atoms with Crippen LogP contribution >= 0.6 is 11.3 Å². The van der Waals surface area contributed by atoms with Crippen molar-refractivity contribution >= 4 is 17.3 Å². The van der Waals surface area contributed by atoms with Gasteiger partial charge in [-0.3, -0.25) is 19.2 Å². The maximum absolute atomic E-state index is 12.4. The maximum atomic E-state index is 12.4. The smallest absolute Gasteiger partial charge is 0.308 e. The van der Waals surface area contributed by atoms with Gasteiger partial charge in [-0.1, -0.05) is 40.7 Å². The van der Waals surface area contributed by atoms with Crippen LogP contribution in [0, 0.1) is 0 Å². The van der Waals surface area contributed by atoms with E-state index in [2.05, 4.69) is 30.3 Å². The van der Waals surface area contributed by atoms with E-state index in [4.69, 9.17) is 0 Å². The molecule has 0 radical (unpaired) electrons. The Hall–Kier alpha value is -3.37. The largest absolute Gasteiger partial charge is 0.337 e. The van der Waals surface area contributed by atoms with Crippen molar-refractivity contribution in [1.29, 1.82) is 0 Å². The average Bonchev–Trinajstić information content (AvgIpc) is 3.43. The molecule has 0 atom stereocenters. The van der Waals surface area contributed by atoms with Gasteiger partial charge in [-0.15, -0.1) is 0 Å². The number of nitrogens with zero attached hydrogens (tertiary/aromatic N) is 8. The lowest BCUT2D eigenvalue weighted by molar-refractivity contribution is 0.204. The van der Waals surface area contributed by atoms with E-state index in [-0.39, 0.29) is 4.87 Å². The molecule has 10 heteroatoms. The number of hydrogen-bond donors (Lipinski definition) is 0. The Bertz CT molecular complexity index is 1160. The molecule has 1 aliphatic heterocycles. The molecule has 0 unspecified atom stereocenters. The fourth-order valence-corrected chi connectivity index (χ4v) is 4.33. The second-order valence-electron chi connectivity index (χ2n) is 7.00. The van der Waals surface area contributed by atoms with Crippen LogP contribution in [0.2, 0.25) is 0 Å². The molecule has 9 nitrogen and oxygen atoms in total. The Morgan fingerprint density at radius 1 is 0.967 bits per heavy atom. The van der Waals surface area contributed by atoms with Gasteiger partial charge < -0.3 is 4.90 Å². The Labute approximate surface area is 176 Å². The summed E-state index contributed by atoms with van der Waals surface area (Å²) >= 11 is 1.21. The van der Waals surface area contributed by atoms with Gasteiger partial charge >= 0.3 is 4.87 Å². The van der Waals surface area contributed by atoms with Crippen molar-refractivity contribution in [3.8, 4) is 17.1 Å². The van der Waals surface area contributed by atoms with Crippen LogP contribution in [-0.4, -0.2) is 60.8 Å². The first kappa shape index (κ1) is 18.6. The van der Waals surface area contributed by atoms with Gasteiger partial charge in [0.15, 0.2) is 0 Å². The highest BCUT2D eigenvalue weighted by molar-refractivity contribution is 7.07. The van der Waals surface area contributed by atoms with Crippen LogP contribution in [0.25, 0.3) is 17.1 Å². The summed E-state index contributed by atoms with van der Waals surface area (Å²) < 4.78 is 3.56. The van der Waals surface area contributed by atoms with Crippen LogP contribution in [0.3, 0.4) is 0 Å². The summed E-state index contributed by atoms with van der Waals surface area (Å²) in [7, 11) is 0. The first-order valence-corrected chi connectivity index (χ1v) is 10.6. The van der Waals surface area contributed by atoms with Crippen molar-refractivity contribution in [3.05, 3.63) is 69.8 Å². The highest BCUT2D eigenvalue weighted by atomic mass is 32.1. The lowest BCUT2D eigenvalue weighted by Gasteiger charge is -2.34. The molecule has 152 valence electrons. The molecule has 0 N–H and O–H groups in total. The fraction of sp³-hybridized carbons (Fsp3) is 0.250. The van der Waals surface area contributed by atoms with Crippen molar-refractivity contribution < 1.29 is 0 Å². The van der Waals surface area contributed by atoms with Gasteiger partial charge in [0.05, 0.1) is 23.7 Å². The van der Waals surface area contributed by atoms with E-state index in [1.54, 1.807) is 15.4 Å². The summed E-state index contributed by atoms with van der Waals surface area (Å²) in [5.41, 5.74) is 2.61. The first-order chi connectivity index (χ1) is 14.8. The normalized spacial score (nSPS) is 14.9. The van der Waals surface area contributed by atoms with Gasteiger partial charge in [-0.2, -0.15) is 4.68 Å². The number of aromatic nitrogens is 6. The molecular weight excluding hydrogens is 400 g/mol. The Kier molecular flexibility index (Phi) is 5.08. The second-order valence-corrected chi connectivity index (χ2v) is 7.82. The van der Waals surface area contributed by atoms with Gasteiger partial charge in [0.1, 0.15) is 0 Å². The van der Waals surface area contributed by atoms with E-state index in [9.17, 15) is 4.79 Å². The number of tetrazole rings is 1. The maximum Gasteiger partial charge on any atom is 0.308 e. The Morgan fingerprint density at radius 3 is 2.53 bits per heavy atom. The van der Waals surface area contributed by atoms with Gasteiger partial charge in [0, 0.05) is 37.8 Å². The third-order valence-corrected chi connectivity index (χ3v) is 5.92. The highest BCUT2D eigenvalue weighted by Gasteiger charge is 2.23. The standard InChI is InChI=1S/C20H20N8OS/c29-20-27(18(14-30-20)17-8-4-5-9-21-17)15-25-10-12-26(13-11-25)19-22-23-24-28(19)16-6-2-1-3-7-16/h1-9,14H,10-13,15H2. The molecule has 0 saturated carbocycles. The summed E-state index contributed by atoms with van der Waals surface area (Å²) in [4.78, 5) is 21.3. The topological polar surface area (TPSA) is 85.0 Å². The highest BCUT2D eigenvalue weighted by Crippen LogP contribution is 2.20. The minimum absolute atomic E-state index is 0.0334. The van der Waals surface area contributed by atoms with E-state index in [0.29, 0.717) is 6.67 Å². The van der Waals surface area contributed by atoms with Gasteiger partial charge in [0.25, 0.3) is 0 Å². The second kappa shape index (κ2) is 8.17. The molecular formula is C20H20N8OS. The number of pyridine rings is 1. The number of piperazine rings is 1. The number of hydrogen-bond acceptors (Lipinski definition) is 8. The zero-order valence-corrected chi connectivity index (χ0v) is 17.0. The van der Waals surface area contributed by atoms with E-state index in [1.165, 1.54) is 11.3 Å². The van der Waals surface area contributed by atoms with Crippen molar-refractivity contribution in [2.24, 2.45) is 0 Å². The van der Waals surface area contributed by atoms with Crippen LogP contribution in [0.5, 0.6) is 0 Å². The third-order valence-electron chi connectivity index (χ3n) is 5.16. The minimum Gasteiger partial charge on any atom is -0.337 e. The molecule has 0 bridgehead atoms. The molecule has 1 fully saturated rings. The zero-order chi connectivity index (χ0) is 20.3. The summed E-state index contributed by atoms with van der Waals surface area (Å²) in [5.74, 6) is 0.739. The van der Waals surface area contributed by atoms with Crippen LogP contribution in [0.4, 0.5) is 5.95 Å². The van der Waals surface area contributed by atoms with Crippen LogP contribution in [0.15, 0.2) is 64.9 Å². The number of rotatable bonds is 5. The lowest BCUT2D eigenvalue weighted by Crippen LogP contribution is -2.48. The van der Waals surface area contributed by atoms with Gasteiger partial charge in [-0.05, 0) is 34.7 Å². The minimum atomic E-state index is 0.0334. The number of benzene rings is 1. The fourth-order valence-electron chi connectivity index (χ4n) is 3.58. The monoisotopic (exact) mass is 420 g/mol. The zero-order valence-electron chi connectivity index (χ0n) is 16.2. The molecule has 4 aromatic rings. The van der Waals surface area contributed by atoms with E-state index in [1.807, 2.05) is 53.9 Å². The van der Waals surface area contributed by atoms with Crippen molar-refractivity contribution in [2.45, 2.75) is 6.67 Å². The van der Waals surface area contributed by atoms with Gasteiger partial charge in [-0.25, -0.2) is 0 Å². The number of thiazole rings is 1. The Balaban J connectivity index is 1.29. The molecule has 1 aliphatic rings. The number of anilines is 1. The molecule has 4 heterocycles. The molecule has 3 aromatic heterocycles. The number of para-hydroxylation sites is 1. The Morgan fingerprint density at radius 2 is 1.77 bits per heavy atom. The molecule has 5 rings (SSSR count). The summed E-state index contributed by atoms with van der Waals surface area (Å²) in [6, 6.07) is 15.6. The third kappa shape index (κ3) is 3.62. The van der Waals surface area contributed by atoms with Crippen molar-refractivity contribution in [1.82, 2.24) is 34.7 Å². The van der Waals surface area contributed by atoms with E-state index >= 15 is 0 Å². The molecule has 0 aliphatic carbocycles.